The van der Waals surface area contributed by atoms with Crippen LogP contribution in [-0.4, -0.2) is 37.5 Å². The molecule has 218 valence electrons. The van der Waals surface area contributed by atoms with E-state index < -0.39 is 8.32 Å². The number of aromatic nitrogens is 1. The third kappa shape index (κ3) is 5.78. The summed E-state index contributed by atoms with van der Waals surface area (Å²) in [6.07, 6.45) is 8.97. The van der Waals surface area contributed by atoms with Gasteiger partial charge in [-0.3, -0.25) is 4.79 Å². The maximum Gasteiger partial charge on any atom is 0.280 e. The summed E-state index contributed by atoms with van der Waals surface area (Å²) in [6.45, 7) is 11.7. The van der Waals surface area contributed by atoms with Crippen LogP contribution in [0.1, 0.15) is 68.2 Å². The highest BCUT2D eigenvalue weighted by Crippen LogP contribution is 2.57. The number of para-hydroxylation sites is 1. The number of carbonyl (C=O) groups is 1. The maximum absolute atomic E-state index is 12.9. The predicted molar refractivity (Wildman–Crippen MR) is 168 cm³/mol. The zero-order chi connectivity index (χ0) is 28.9. The normalized spacial score (nSPS) is 23.6. The molecule has 1 heterocycles. The average Bonchev–Trinajstić information content (AvgIpc) is 3.32. The van der Waals surface area contributed by atoms with Crippen LogP contribution in [0, 0.1) is 23.7 Å². The van der Waals surface area contributed by atoms with Crippen LogP contribution in [0.15, 0.2) is 42.0 Å². The second kappa shape index (κ2) is 10.8. The van der Waals surface area contributed by atoms with E-state index in [2.05, 4.69) is 50.2 Å². The Balaban J connectivity index is 1.08. The van der Waals surface area contributed by atoms with E-state index in [1.807, 2.05) is 30.3 Å². The highest BCUT2D eigenvalue weighted by molar-refractivity contribution is 7.20. The van der Waals surface area contributed by atoms with E-state index in [4.69, 9.17) is 9.16 Å². The second-order valence-electron chi connectivity index (χ2n) is 13.8. The molecule has 1 amide bonds. The van der Waals surface area contributed by atoms with Crippen molar-refractivity contribution in [2.24, 2.45) is 23.7 Å². The standard InChI is InChI=1S/C33H42N2O4SSi/c1-33(2,3)41(4,5)39-25-9-10-27-29(19-25)40-32(35-27)31(37)34-11-12-38-30-22(7-6-8-28(30)36)18-26-23-14-20-13-21(16-23)17-24(26)15-20/h6-10,18-21,23-24,36H,11-17H2,1-5H3,(H,34,37). The molecule has 4 saturated carbocycles. The van der Waals surface area contributed by atoms with Crippen LogP contribution in [-0.2, 0) is 0 Å². The Morgan fingerprint density at radius 1 is 1.10 bits per heavy atom. The molecular weight excluding hydrogens is 549 g/mol. The number of carbonyl (C=O) groups excluding carboxylic acids is 1. The summed E-state index contributed by atoms with van der Waals surface area (Å²) in [4.78, 5) is 17.4. The third-order valence-electron chi connectivity index (χ3n) is 9.80. The Kier molecular flexibility index (Phi) is 7.43. The first-order valence-electron chi connectivity index (χ1n) is 15.0. The molecule has 0 saturated heterocycles. The predicted octanol–water partition coefficient (Wildman–Crippen LogP) is 8.03. The molecule has 4 aliphatic carbocycles. The van der Waals surface area contributed by atoms with Gasteiger partial charge in [-0.2, -0.15) is 0 Å². The van der Waals surface area contributed by atoms with Gasteiger partial charge in [-0.1, -0.05) is 44.6 Å². The number of thiazole rings is 1. The number of fused-ring (bicyclic) bond motifs is 1. The molecule has 2 aromatic carbocycles. The zero-order valence-electron chi connectivity index (χ0n) is 24.8. The number of phenols is 1. The van der Waals surface area contributed by atoms with Crippen molar-refractivity contribution in [3.63, 3.8) is 0 Å². The van der Waals surface area contributed by atoms with Crippen LogP contribution < -0.4 is 14.5 Å². The zero-order valence-corrected chi connectivity index (χ0v) is 26.6. The lowest BCUT2D eigenvalue weighted by atomic mass is 9.54. The summed E-state index contributed by atoms with van der Waals surface area (Å²) < 4.78 is 13.4. The fraction of sp³-hybridized carbons (Fsp3) is 0.515. The van der Waals surface area contributed by atoms with Crippen molar-refractivity contribution in [1.82, 2.24) is 10.3 Å². The second-order valence-corrected chi connectivity index (χ2v) is 19.5. The minimum atomic E-state index is -1.96. The van der Waals surface area contributed by atoms with Crippen LogP contribution >= 0.6 is 11.3 Å². The van der Waals surface area contributed by atoms with Gasteiger partial charge in [0.15, 0.2) is 16.5 Å². The van der Waals surface area contributed by atoms with E-state index in [0.717, 1.165) is 33.4 Å². The molecule has 6 nitrogen and oxygen atoms in total. The summed E-state index contributed by atoms with van der Waals surface area (Å²) in [5.74, 6) is 4.42. The van der Waals surface area contributed by atoms with Gasteiger partial charge in [0.25, 0.3) is 5.91 Å². The lowest BCUT2D eigenvalue weighted by molar-refractivity contribution is 0.0710. The van der Waals surface area contributed by atoms with E-state index in [1.54, 1.807) is 11.6 Å². The molecular formula is C33H42N2O4SSi. The number of allylic oxidation sites excluding steroid dienone is 1. The van der Waals surface area contributed by atoms with Crippen molar-refractivity contribution >= 4 is 41.9 Å². The summed E-state index contributed by atoms with van der Waals surface area (Å²) in [7, 11) is -1.96. The molecule has 4 bridgehead atoms. The number of rotatable bonds is 8. The number of aromatic hydroxyl groups is 1. The molecule has 41 heavy (non-hydrogen) atoms. The monoisotopic (exact) mass is 590 g/mol. The highest BCUT2D eigenvalue weighted by atomic mass is 32.1. The molecule has 0 radical (unpaired) electrons. The molecule has 3 aromatic rings. The molecule has 1 aromatic heterocycles. The topological polar surface area (TPSA) is 80.7 Å². The molecule has 8 heteroatoms. The highest BCUT2D eigenvalue weighted by Gasteiger charge is 2.45. The van der Waals surface area contributed by atoms with Gasteiger partial charge in [-0.05, 0) is 98.2 Å². The third-order valence-corrected chi connectivity index (χ3v) is 15.2. The molecule has 0 spiro atoms. The first-order chi connectivity index (χ1) is 19.5. The summed E-state index contributed by atoms with van der Waals surface area (Å²) in [5, 5.41) is 14.1. The lowest BCUT2D eigenvalue weighted by Gasteiger charge is -2.51. The van der Waals surface area contributed by atoms with Gasteiger partial charge in [0.1, 0.15) is 12.4 Å². The van der Waals surface area contributed by atoms with E-state index in [9.17, 15) is 9.90 Å². The van der Waals surface area contributed by atoms with Gasteiger partial charge in [0, 0.05) is 5.56 Å². The number of hydrogen-bond donors (Lipinski definition) is 2. The number of nitrogens with zero attached hydrogens (tertiary/aromatic N) is 1. The Bertz CT molecular complexity index is 1460. The molecule has 4 aliphatic rings. The van der Waals surface area contributed by atoms with Gasteiger partial charge >= 0.3 is 0 Å². The number of nitrogens with one attached hydrogen (secondary N) is 1. The SMILES string of the molecule is CC(C)(C)[Si](C)(C)Oc1ccc2nc(C(=O)NCCOc3c(O)cccc3C=C3C4CC5CC(C4)CC3C5)sc2c1. The molecule has 7 rings (SSSR count). The summed E-state index contributed by atoms with van der Waals surface area (Å²) in [5.41, 5.74) is 3.27. The smallest absolute Gasteiger partial charge is 0.280 e. The average molecular weight is 591 g/mol. The van der Waals surface area contributed by atoms with Crippen molar-refractivity contribution < 1.29 is 19.1 Å². The first-order valence-corrected chi connectivity index (χ1v) is 18.7. The summed E-state index contributed by atoms with van der Waals surface area (Å²) in [6, 6.07) is 11.4. The first kappa shape index (κ1) is 28.3. The summed E-state index contributed by atoms with van der Waals surface area (Å²) >= 11 is 1.37. The van der Waals surface area contributed by atoms with E-state index >= 15 is 0 Å². The van der Waals surface area contributed by atoms with Crippen LogP contribution in [0.25, 0.3) is 16.3 Å². The van der Waals surface area contributed by atoms with Crippen molar-refractivity contribution in [1.29, 1.82) is 0 Å². The Hall–Kier alpha value is -2.84. The molecule has 0 aliphatic heterocycles. The van der Waals surface area contributed by atoms with Gasteiger partial charge in [0.2, 0.25) is 8.32 Å². The molecule has 4 fully saturated rings. The number of amides is 1. The van der Waals surface area contributed by atoms with Crippen molar-refractivity contribution in [2.45, 2.75) is 71.0 Å². The number of benzene rings is 2. The Labute approximate surface area is 248 Å². The van der Waals surface area contributed by atoms with Crippen molar-refractivity contribution in [3.8, 4) is 17.2 Å². The fourth-order valence-corrected chi connectivity index (χ4v) is 8.80. The van der Waals surface area contributed by atoms with Crippen molar-refractivity contribution in [3.05, 3.63) is 52.5 Å². The van der Waals surface area contributed by atoms with Crippen LogP contribution in [0.4, 0.5) is 0 Å². The molecule has 2 N–H and O–H groups in total. The molecule has 0 atom stereocenters. The minimum Gasteiger partial charge on any atom is -0.543 e. The number of hydrogen-bond acceptors (Lipinski definition) is 6. The lowest BCUT2D eigenvalue weighted by Crippen LogP contribution is -2.43. The van der Waals surface area contributed by atoms with Gasteiger partial charge < -0.3 is 19.6 Å². The van der Waals surface area contributed by atoms with Crippen LogP contribution in [0.2, 0.25) is 18.1 Å². The van der Waals surface area contributed by atoms with Crippen LogP contribution in [0.5, 0.6) is 17.2 Å². The minimum absolute atomic E-state index is 0.103. The van der Waals surface area contributed by atoms with E-state index in [1.165, 1.54) is 43.4 Å². The fourth-order valence-electron chi connectivity index (χ4n) is 6.86. The Morgan fingerprint density at radius 3 is 2.49 bits per heavy atom. The Morgan fingerprint density at radius 2 is 1.80 bits per heavy atom. The van der Waals surface area contributed by atoms with Crippen molar-refractivity contribution in [2.75, 3.05) is 13.2 Å². The molecule has 0 unspecified atom stereocenters. The number of phenolic OH excluding ortho intramolecular Hbond substituents is 1. The van der Waals surface area contributed by atoms with Gasteiger partial charge in [-0.15, -0.1) is 11.3 Å². The number of ether oxygens (including phenoxy) is 1. The maximum atomic E-state index is 12.9. The van der Waals surface area contributed by atoms with Crippen LogP contribution in [0.3, 0.4) is 0 Å². The quantitative estimate of drug-likeness (QED) is 0.205. The van der Waals surface area contributed by atoms with E-state index in [0.29, 0.717) is 29.1 Å². The largest absolute Gasteiger partial charge is 0.543 e. The van der Waals surface area contributed by atoms with E-state index in [-0.39, 0.29) is 23.3 Å². The van der Waals surface area contributed by atoms with Gasteiger partial charge in [0.05, 0.1) is 16.8 Å². The van der Waals surface area contributed by atoms with Gasteiger partial charge in [-0.25, -0.2) is 4.98 Å².